The molecule has 0 aliphatic carbocycles. The Labute approximate surface area is 159 Å². The number of nitro groups is 2. The van der Waals surface area contributed by atoms with Gasteiger partial charge in [0.2, 0.25) is 0 Å². The second-order valence-electron chi connectivity index (χ2n) is 5.84. The van der Waals surface area contributed by atoms with Gasteiger partial charge in [-0.3, -0.25) is 29.3 Å². The second kappa shape index (κ2) is 7.60. The van der Waals surface area contributed by atoms with Crippen LogP contribution in [0.5, 0.6) is 0 Å². The Morgan fingerprint density at radius 3 is 2.00 bits per heavy atom. The van der Waals surface area contributed by atoms with E-state index in [9.17, 15) is 38.5 Å². The van der Waals surface area contributed by atoms with Crippen molar-refractivity contribution in [3.8, 4) is 0 Å². The molecule has 0 amide bonds. The quantitative estimate of drug-likeness (QED) is 0.538. The summed E-state index contributed by atoms with van der Waals surface area (Å²) in [5.74, 6) is -1.50. The van der Waals surface area contributed by atoms with Crippen LogP contribution in [0.4, 0.5) is 17.1 Å². The Morgan fingerprint density at radius 1 is 1.00 bits per heavy atom. The second-order valence-corrected chi connectivity index (χ2v) is 7.67. The third-order valence-electron chi connectivity index (χ3n) is 3.90. The number of hydrogen-bond donors (Lipinski definition) is 1. The lowest BCUT2D eigenvalue weighted by atomic mass is 10.2. The minimum Gasteiger partial charge on any atom is -0.480 e. The first-order valence-electron chi connectivity index (χ1n) is 7.69. The molecule has 1 N–H and O–H groups in total. The lowest BCUT2D eigenvalue weighted by molar-refractivity contribution is -0.385. The van der Waals surface area contributed by atoms with Crippen LogP contribution in [0.25, 0.3) is 0 Å². The van der Waals surface area contributed by atoms with Crippen molar-refractivity contribution in [2.45, 2.75) is 18.7 Å². The van der Waals surface area contributed by atoms with E-state index in [4.69, 9.17) is 0 Å². The van der Waals surface area contributed by atoms with Gasteiger partial charge in [-0.2, -0.15) is 0 Å². The summed E-state index contributed by atoms with van der Waals surface area (Å²) < 4.78 is 26.8. The average Bonchev–Trinajstić information content (AvgIpc) is 2.59. The van der Waals surface area contributed by atoms with Gasteiger partial charge in [-0.15, -0.1) is 0 Å². The molecule has 11 nitrogen and oxygen atoms in total. The molecule has 0 radical (unpaired) electrons. The SMILES string of the molecule is Cc1ccc([N+](=O)[O-])cc1N(CC(=O)O)S(=O)(=O)c1cc([N+](=O)[O-])ccc1C. The molecule has 2 aromatic carbocycles. The van der Waals surface area contributed by atoms with Crippen molar-refractivity contribution in [2.75, 3.05) is 10.8 Å². The van der Waals surface area contributed by atoms with Gasteiger partial charge in [-0.05, 0) is 25.0 Å². The zero-order chi connectivity index (χ0) is 21.2. The molecule has 0 bridgehead atoms. The number of hydrogen-bond acceptors (Lipinski definition) is 7. The number of sulfonamides is 1. The predicted octanol–water partition coefficient (Wildman–Crippen LogP) is 2.40. The van der Waals surface area contributed by atoms with Crippen LogP contribution < -0.4 is 4.31 Å². The van der Waals surface area contributed by atoms with E-state index >= 15 is 0 Å². The predicted molar refractivity (Wildman–Crippen MR) is 97.8 cm³/mol. The molecule has 0 aliphatic rings. The highest BCUT2D eigenvalue weighted by Gasteiger charge is 2.31. The summed E-state index contributed by atoms with van der Waals surface area (Å²) in [4.78, 5) is 31.4. The molecule has 0 fully saturated rings. The number of non-ortho nitro benzene ring substituents is 2. The fourth-order valence-electron chi connectivity index (χ4n) is 2.50. The molecule has 12 heteroatoms. The summed E-state index contributed by atoms with van der Waals surface area (Å²) in [6.45, 7) is 1.84. The Kier molecular flexibility index (Phi) is 5.64. The normalized spacial score (nSPS) is 11.1. The number of anilines is 1. The van der Waals surface area contributed by atoms with Crippen LogP contribution in [0, 0.1) is 34.1 Å². The number of nitro benzene ring substituents is 2. The van der Waals surface area contributed by atoms with Crippen LogP contribution in [0.2, 0.25) is 0 Å². The molecule has 28 heavy (non-hydrogen) atoms. The van der Waals surface area contributed by atoms with Gasteiger partial charge < -0.3 is 5.11 Å². The van der Waals surface area contributed by atoms with Gasteiger partial charge in [-0.25, -0.2) is 8.42 Å². The van der Waals surface area contributed by atoms with Crippen LogP contribution in [-0.4, -0.2) is 35.9 Å². The highest BCUT2D eigenvalue weighted by Crippen LogP contribution is 2.32. The molecule has 0 heterocycles. The summed E-state index contributed by atoms with van der Waals surface area (Å²) in [6.07, 6.45) is 0. The van der Waals surface area contributed by atoms with Crippen molar-refractivity contribution >= 4 is 33.1 Å². The molecule has 0 saturated heterocycles. The first-order chi connectivity index (χ1) is 12.9. The van der Waals surface area contributed by atoms with Gasteiger partial charge in [0, 0.05) is 24.3 Å². The summed E-state index contributed by atoms with van der Waals surface area (Å²) in [5, 5.41) is 31.2. The highest BCUT2D eigenvalue weighted by atomic mass is 32.2. The van der Waals surface area contributed by atoms with E-state index in [0.717, 1.165) is 24.3 Å². The number of aliphatic carboxylic acids is 1. The number of carboxylic acids is 1. The molecule has 0 saturated carbocycles. The summed E-state index contributed by atoms with van der Waals surface area (Å²) in [6, 6.07) is 6.56. The van der Waals surface area contributed by atoms with Crippen molar-refractivity contribution in [1.29, 1.82) is 0 Å². The van der Waals surface area contributed by atoms with E-state index in [1.54, 1.807) is 0 Å². The lowest BCUT2D eigenvalue weighted by Gasteiger charge is -2.25. The Balaban J connectivity index is 2.75. The van der Waals surface area contributed by atoms with Crippen LogP contribution in [0.3, 0.4) is 0 Å². The topological polar surface area (TPSA) is 161 Å². The molecular formula is C16H15N3O8S. The van der Waals surface area contributed by atoms with E-state index < -0.39 is 48.7 Å². The first-order valence-corrected chi connectivity index (χ1v) is 9.13. The van der Waals surface area contributed by atoms with Crippen LogP contribution >= 0.6 is 0 Å². The number of carboxylic acid groups (broad SMARTS) is 1. The largest absolute Gasteiger partial charge is 0.480 e. The number of rotatable bonds is 7. The fourth-order valence-corrected chi connectivity index (χ4v) is 4.22. The smallest absolute Gasteiger partial charge is 0.324 e. The third-order valence-corrected chi connectivity index (χ3v) is 5.80. The molecule has 0 unspecified atom stereocenters. The molecule has 0 aliphatic heterocycles. The number of carbonyl (C=O) groups is 1. The van der Waals surface area contributed by atoms with E-state index in [2.05, 4.69) is 0 Å². The summed E-state index contributed by atoms with van der Waals surface area (Å²) in [5.41, 5.74) is -0.692. The molecule has 2 rings (SSSR count). The van der Waals surface area contributed by atoms with Gasteiger partial charge in [-0.1, -0.05) is 12.1 Å². The zero-order valence-corrected chi connectivity index (χ0v) is 15.5. The third kappa shape index (κ3) is 4.06. The van der Waals surface area contributed by atoms with Gasteiger partial charge in [0.25, 0.3) is 21.4 Å². The van der Waals surface area contributed by atoms with Crippen LogP contribution in [-0.2, 0) is 14.8 Å². The molecule has 0 atom stereocenters. The van der Waals surface area contributed by atoms with Gasteiger partial charge >= 0.3 is 5.97 Å². The summed E-state index contributed by atoms with van der Waals surface area (Å²) in [7, 11) is -4.58. The zero-order valence-electron chi connectivity index (χ0n) is 14.7. The van der Waals surface area contributed by atoms with Gasteiger partial charge in [0.15, 0.2) is 0 Å². The molecular weight excluding hydrogens is 394 g/mol. The first kappa shape index (κ1) is 20.8. The van der Waals surface area contributed by atoms with Crippen molar-refractivity contribution < 1.29 is 28.2 Å². The minimum atomic E-state index is -4.58. The number of benzene rings is 2. The number of nitrogens with zero attached hydrogens (tertiary/aromatic N) is 3. The molecule has 0 aromatic heterocycles. The van der Waals surface area contributed by atoms with Crippen LogP contribution in [0.15, 0.2) is 41.3 Å². The van der Waals surface area contributed by atoms with E-state index in [1.807, 2.05) is 0 Å². The van der Waals surface area contributed by atoms with E-state index in [0.29, 0.717) is 4.31 Å². The monoisotopic (exact) mass is 409 g/mol. The molecule has 2 aromatic rings. The summed E-state index contributed by atoms with van der Waals surface area (Å²) >= 11 is 0. The van der Waals surface area contributed by atoms with Crippen molar-refractivity contribution in [3.05, 3.63) is 67.8 Å². The van der Waals surface area contributed by atoms with Gasteiger partial charge in [0.05, 0.1) is 20.4 Å². The fraction of sp³-hybridized carbons (Fsp3) is 0.188. The molecule has 0 spiro atoms. The standard InChI is InChI=1S/C16H15N3O8S/c1-10-3-5-12(18(22)23)7-14(10)17(9-16(20)21)28(26,27)15-8-13(19(24)25)6-4-11(15)2/h3-8H,9H2,1-2H3,(H,20,21). The Bertz CT molecular complexity index is 1080. The Morgan fingerprint density at radius 2 is 1.50 bits per heavy atom. The van der Waals surface area contributed by atoms with E-state index in [-0.39, 0.29) is 16.8 Å². The Hall–Kier alpha value is -3.54. The van der Waals surface area contributed by atoms with Crippen molar-refractivity contribution in [1.82, 2.24) is 0 Å². The van der Waals surface area contributed by atoms with Gasteiger partial charge in [0.1, 0.15) is 6.54 Å². The highest BCUT2D eigenvalue weighted by molar-refractivity contribution is 7.93. The minimum absolute atomic E-state index is 0.157. The van der Waals surface area contributed by atoms with Crippen LogP contribution in [0.1, 0.15) is 11.1 Å². The van der Waals surface area contributed by atoms with Crippen molar-refractivity contribution in [2.24, 2.45) is 0 Å². The number of aryl methyl sites for hydroxylation is 2. The molecule has 148 valence electrons. The average molecular weight is 409 g/mol. The van der Waals surface area contributed by atoms with Crippen molar-refractivity contribution in [3.63, 3.8) is 0 Å². The van der Waals surface area contributed by atoms with E-state index in [1.165, 1.54) is 26.0 Å². The maximum Gasteiger partial charge on any atom is 0.324 e. The maximum atomic E-state index is 13.2. The lowest BCUT2D eigenvalue weighted by Crippen LogP contribution is -2.36. The maximum absolute atomic E-state index is 13.2.